The lowest BCUT2D eigenvalue weighted by Crippen LogP contribution is -2.00. The van der Waals surface area contributed by atoms with Gasteiger partial charge in [-0.15, -0.1) is 0 Å². The lowest BCUT2D eigenvalue weighted by Gasteiger charge is -2.17. The van der Waals surface area contributed by atoms with Crippen molar-refractivity contribution in [1.29, 1.82) is 0 Å². The van der Waals surface area contributed by atoms with Crippen LogP contribution in [0.2, 0.25) is 0 Å². The van der Waals surface area contributed by atoms with Gasteiger partial charge in [0, 0.05) is 22.1 Å². The lowest BCUT2D eigenvalue weighted by atomic mass is 9.86. The molecule has 0 saturated heterocycles. The van der Waals surface area contributed by atoms with E-state index in [1.54, 1.807) is 0 Å². The molecule has 46 heavy (non-hydrogen) atoms. The van der Waals surface area contributed by atoms with E-state index in [-0.39, 0.29) is 5.92 Å². The highest BCUT2D eigenvalue weighted by molar-refractivity contribution is 6.11. The highest BCUT2D eigenvalue weighted by Gasteiger charge is 2.31. The predicted molar refractivity (Wildman–Crippen MR) is 194 cm³/mol. The van der Waals surface area contributed by atoms with E-state index in [4.69, 9.17) is 0 Å². The number of fused-ring (bicyclic) bond motifs is 8. The predicted octanol–water partition coefficient (Wildman–Crippen LogP) is 11.9. The second-order valence-corrected chi connectivity index (χ2v) is 12.5. The summed E-state index contributed by atoms with van der Waals surface area (Å²) in [5.74, 6) is 0.215. The zero-order valence-electron chi connectivity index (χ0n) is 25.2. The molecule has 0 aliphatic heterocycles. The van der Waals surface area contributed by atoms with E-state index in [2.05, 4.69) is 174 Å². The van der Waals surface area contributed by atoms with E-state index in [0.29, 0.717) is 0 Å². The van der Waals surface area contributed by atoms with E-state index in [0.717, 1.165) is 0 Å². The molecule has 1 nitrogen and oxygen atoms in total. The van der Waals surface area contributed by atoms with Crippen molar-refractivity contribution in [3.63, 3.8) is 0 Å². The Labute approximate surface area is 267 Å². The molecule has 1 atom stereocenters. The molecule has 0 fully saturated rings. The van der Waals surface area contributed by atoms with Crippen molar-refractivity contribution in [1.82, 2.24) is 4.57 Å². The minimum atomic E-state index is 0.215. The number of rotatable bonds is 3. The van der Waals surface area contributed by atoms with Crippen LogP contribution in [0.3, 0.4) is 0 Å². The van der Waals surface area contributed by atoms with Crippen LogP contribution < -0.4 is 0 Å². The zero-order chi connectivity index (χ0) is 30.2. The highest BCUT2D eigenvalue weighted by Crippen LogP contribution is 2.50. The maximum atomic E-state index is 2.44. The second kappa shape index (κ2) is 9.79. The quantitative estimate of drug-likeness (QED) is 0.195. The molecule has 0 N–H and O–H groups in total. The summed E-state index contributed by atoms with van der Waals surface area (Å²) in [7, 11) is 0. The standard InChI is InChI=1S/C45H29N/c1-3-15-33-29(11-1)13-9-20-37(33)45-38-19-6-5-17-35(38)40-27-31(23-25-39(40)45)32-24-26-44-41(28-32)36-18-7-8-21-43(36)46(44)42-22-10-14-30-12-2-4-16-34(30)42/h1-28,45H. The molecule has 0 spiro atoms. The van der Waals surface area contributed by atoms with Gasteiger partial charge in [-0.2, -0.15) is 0 Å². The Balaban J connectivity index is 1.16. The molecule has 1 unspecified atom stereocenters. The Morgan fingerprint density at radius 1 is 0.348 bits per heavy atom. The van der Waals surface area contributed by atoms with Gasteiger partial charge >= 0.3 is 0 Å². The SMILES string of the molecule is c1ccc2c(c1)-c1cc(-c3ccc4c(c3)c3ccccc3n4-c3cccc4ccccc34)ccc1C2c1cccc2ccccc12. The minimum absolute atomic E-state index is 0.215. The van der Waals surface area contributed by atoms with Crippen LogP contribution in [0.25, 0.3) is 71.3 Å². The summed E-state index contributed by atoms with van der Waals surface area (Å²) in [4.78, 5) is 0. The van der Waals surface area contributed by atoms with Crippen molar-refractivity contribution in [2.75, 3.05) is 0 Å². The van der Waals surface area contributed by atoms with Crippen LogP contribution in [-0.4, -0.2) is 4.57 Å². The molecule has 0 amide bonds. The summed E-state index contributed by atoms with van der Waals surface area (Å²) in [6, 6.07) is 62.7. The van der Waals surface area contributed by atoms with Crippen molar-refractivity contribution in [2.24, 2.45) is 0 Å². The van der Waals surface area contributed by atoms with E-state index in [9.17, 15) is 0 Å². The smallest absolute Gasteiger partial charge is 0.0541 e. The van der Waals surface area contributed by atoms with Crippen molar-refractivity contribution in [2.45, 2.75) is 5.92 Å². The molecular formula is C45H29N. The number of hydrogen-bond acceptors (Lipinski definition) is 0. The molecular weight excluding hydrogens is 555 g/mol. The number of para-hydroxylation sites is 1. The summed E-state index contributed by atoms with van der Waals surface area (Å²) in [5.41, 5.74) is 13.0. The minimum Gasteiger partial charge on any atom is -0.309 e. The molecule has 8 aromatic carbocycles. The Morgan fingerprint density at radius 3 is 1.83 bits per heavy atom. The van der Waals surface area contributed by atoms with Gasteiger partial charge in [0.1, 0.15) is 0 Å². The zero-order valence-corrected chi connectivity index (χ0v) is 25.2. The summed E-state index contributed by atoms with van der Waals surface area (Å²) >= 11 is 0. The second-order valence-electron chi connectivity index (χ2n) is 12.5. The van der Waals surface area contributed by atoms with Gasteiger partial charge in [0.25, 0.3) is 0 Å². The maximum Gasteiger partial charge on any atom is 0.0541 e. The summed E-state index contributed by atoms with van der Waals surface area (Å²) in [6.07, 6.45) is 0. The molecule has 9 aromatic rings. The van der Waals surface area contributed by atoms with Gasteiger partial charge in [0.05, 0.1) is 16.7 Å². The van der Waals surface area contributed by atoms with Gasteiger partial charge < -0.3 is 4.57 Å². The van der Waals surface area contributed by atoms with Gasteiger partial charge in [-0.1, -0.05) is 140 Å². The molecule has 0 bridgehead atoms. The fourth-order valence-corrected chi connectivity index (χ4v) is 8.03. The lowest BCUT2D eigenvalue weighted by molar-refractivity contribution is 1.03. The van der Waals surface area contributed by atoms with E-state index >= 15 is 0 Å². The van der Waals surface area contributed by atoms with E-state index < -0.39 is 0 Å². The molecule has 1 aliphatic carbocycles. The monoisotopic (exact) mass is 583 g/mol. The average Bonchev–Trinajstić information content (AvgIpc) is 3.63. The first-order chi connectivity index (χ1) is 22.8. The number of nitrogens with zero attached hydrogens (tertiary/aromatic N) is 1. The van der Waals surface area contributed by atoms with Crippen LogP contribution >= 0.6 is 0 Å². The third-order valence-corrected chi connectivity index (χ3v) is 10.1. The molecule has 1 aromatic heterocycles. The molecule has 214 valence electrons. The van der Waals surface area contributed by atoms with Crippen LogP contribution in [0.15, 0.2) is 170 Å². The van der Waals surface area contributed by atoms with Gasteiger partial charge in [-0.3, -0.25) is 0 Å². The molecule has 1 heterocycles. The Hall–Kier alpha value is -5.92. The third kappa shape index (κ3) is 3.63. The Kier molecular flexibility index (Phi) is 5.41. The van der Waals surface area contributed by atoms with Crippen LogP contribution in [0, 0.1) is 0 Å². The average molecular weight is 584 g/mol. The first-order valence-electron chi connectivity index (χ1n) is 16.1. The summed E-state index contributed by atoms with van der Waals surface area (Å²) in [6.45, 7) is 0. The fraction of sp³-hybridized carbons (Fsp3) is 0.0222. The summed E-state index contributed by atoms with van der Waals surface area (Å²) in [5, 5.41) is 7.68. The normalized spacial score (nSPS) is 13.9. The molecule has 0 saturated carbocycles. The number of hydrogen-bond donors (Lipinski definition) is 0. The van der Waals surface area contributed by atoms with Crippen molar-refractivity contribution in [3.8, 4) is 27.9 Å². The van der Waals surface area contributed by atoms with Crippen LogP contribution in [0.5, 0.6) is 0 Å². The molecule has 10 rings (SSSR count). The number of aromatic nitrogens is 1. The van der Waals surface area contributed by atoms with Gasteiger partial charge in [0.2, 0.25) is 0 Å². The highest BCUT2D eigenvalue weighted by atomic mass is 15.0. The molecule has 1 heteroatoms. The maximum absolute atomic E-state index is 2.44. The van der Waals surface area contributed by atoms with Crippen LogP contribution in [-0.2, 0) is 0 Å². The first-order valence-corrected chi connectivity index (χ1v) is 16.1. The van der Waals surface area contributed by atoms with Gasteiger partial charge in [-0.05, 0) is 85.4 Å². The van der Waals surface area contributed by atoms with Crippen molar-refractivity contribution < 1.29 is 0 Å². The Morgan fingerprint density at radius 2 is 0.935 bits per heavy atom. The van der Waals surface area contributed by atoms with Crippen molar-refractivity contribution >= 4 is 43.4 Å². The molecule has 1 aliphatic rings. The van der Waals surface area contributed by atoms with Crippen molar-refractivity contribution in [3.05, 3.63) is 187 Å². The van der Waals surface area contributed by atoms with E-state index in [1.165, 1.54) is 88.0 Å². The van der Waals surface area contributed by atoms with Gasteiger partial charge in [-0.25, -0.2) is 0 Å². The first kappa shape index (κ1) is 25.4. The Bertz CT molecular complexity index is 2640. The molecule has 0 radical (unpaired) electrons. The summed E-state index contributed by atoms with van der Waals surface area (Å²) < 4.78 is 2.44. The topological polar surface area (TPSA) is 4.93 Å². The third-order valence-electron chi connectivity index (χ3n) is 10.1. The van der Waals surface area contributed by atoms with E-state index in [1.807, 2.05) is 0 Å². The van der Waals surface area contributed by atoms with Gasteiger partial charge in [0.15, 0.2) is 0 Å². The largest absolute Gasteiger partial charge is 0.309 e. The number of benzene rings is 8. The van der Waals surface area contributed by atoms with Crippen LogP contribution in [0.4, 0.5) is 0 Å². The van der Waals surface area contributed by atoms with Crippen LogP contribution in [0.1, 0.15) is 22.6 Å². The fourth-order valence-electron chi connectivity index (χ4n) is 8.03.